The van der Waals surface area contributed by atoms with Crippen LogP contribution in [0.15, 0.2) is 188 Å². The smallest absolute Gasteiger partial charge is 0.165 e. The van der Waals surface area contributed by atoms with Gasteiger partial charge in [-0.3, -0.25) is 0 Å². The average molecular weight is 746 g/mol. The van der Waals surface area contributed by atoms with Crippen molar-refractivity contribution in [2.75, 3.05) is 0 Å². The van der Waals surface area contributed by atoms with Crippen LogP contribution in [-0.4, -0.2) is 24.1 Å². The second kappa shape index (κ2) is 12.6. The third-order valence-electron chi connectivity index (χ3n) is 11.2. The van der Waals surface area contributed by atoms with Crippen LogP contribution >= 0.6 is 11.3 Å². The number of benzene rings is 8. The molecule has 0 bridgehead atoms. The van der Waals surface area contributed by atoms with Crippen molar-refractivity contribution >= 4 is 75.1 Å². The van der Waals surface area contributed by atoms with Gasteiger partial charge in [0.2, 0.25) is 0 Å². The first kappa shape index (κ1) is 31.9. The van der Waals surface area contributed by atoms with Gasteiger partial charge in [0.05, 0.1) is 27.8 Å². The van der Waals surface area contributed by atoms with Gasteiger partial charge < -0.3 is 9.13 Å². The number of rotatable bonds is 5. The predicted molar refractivity (Wildman–Crippen MR) is 238 cm³/mol. The highest BCUT2D eigenvalue weighted by Gasteiger charge is 2.23. The first-order valence-corrected chi connectivity index (χ1v) is 19.9. The Bertz CT molecular complexity index is 3450. The Morgan fingerprint density at radius 1 is 0.368 bits per heavy atom. The highest BCUT2D eigenvalue weighted by molar-refractivity contribution is 7.26. The SMILES string of the molecule is c1ccc(-c2nc(-c3ccccc3)nc(-c3ccc(-n4c5ccccc5c5cc6c7ccccc7n(-c7ccccc7)c6cc54)c4c3sc3ccccc34)n2)cc1. The average Bonchev–Trinajstić information content (AvgIpc) is 3.94. The van der Waals surface area contributed by atoms with E-state index >= 15 is 0 Å². The first-order valence-electron chi connectivity index (χ1n) is 19.1. The number of thiophene rings is 1. The third-order valence-corrected chi connectivity index (χ3v) is 12.4. The maximum atomic E-state index is 5.18. The molecule has 0 saturated heterocycles. The topological polar surface area (TPSA) is 48.5 Å². The van der Waals surface area contributed by atoms with Crippen LogP contribution in [0.2, 0.25) is 0 Å². The molecule has 0 atom stereocenters. The molecular formula is C51H31N5S. The van der Waals surface area contributed by atoms with E-state index in [9.17, 15) is 0 Å². The molecule has 4 aromatic heterocycles. The Morgan fingerprint density at radius 3 is 1.53 bits per heavy atom. The quantitative estimate of drug-likeness (QED) is 0.176. The van der Waals surface area contributed by atoms with Crippen molar-refractivity contribution < 1.29 is 0 Å². The molecule has 0 aliphatic carbocycles. The van der Waals surface area contributed by atoms with E-state index in [0.717, 1.165) is 43.8 Å². The van der Waals surface area contributed by atoms with Crippen molar-refractivity contribution in [3.8, 4) is 45.5 Å². The summed E-state index contributed by atoms with van der Waals surface area (Å²) >= 11 is 1.80. The number of hydrogen-bond donors (Lipinski definition) is 0. The Hall–Kier alpha value is -7.41. The van der Waals surface area contributed by atoms with E-state index in [1.54, 1.807) is 11.3 Å². The summed E-state index contributed by atoms with van der Waals surface area (Å²) in [7, 11) is 0. The molecule has 57 heavy (non-hydrogen) atoms. The number of fused-ring (bicyclic) bond motifs is 9. The first-order chi connectivity index (χ1) is 28.3. The van der Waals surface area contributed by atoms with Gasteiger partial charge in [-0.2, -0.15) is 0 Å². The summed E-state index contributed by atoms with van der Waals surface area (Å²) in [6.07, 6.45) is 0. The molecule has 5 nitrogen and oxygen atoms in total. The third kappa shape index (κ3) is 4.91. The standard InChI is InChI=1S/C51H31N5S/c1-4-16-32(17-5-1)49-52-50(33-18-6-2-7-19-33)54-51(53-49)38-28-29-43(47-37-24-12-15-27-46(37)57-48(38)47)56-42-26-14-11-23-36(42)40-30-39-35-22-10-13-25-41(35)55(44(39)31-45(40)56)34-20-8-3-9-21-34/h1-31H. The van der Waals surface area contributed by atoms with Crippen molar-refractivity contribution in [3.05, 3.63) is 188 Å². The second-order valence-corrected chi connectivity index (χ2v) is 15.5. The lowest BCUT2D eigenvalue weighted by Crippen LogP contribution is -2.01. The fourth-order valence-electron chi connectivity index (χ4n) is 8.65. The molecular weight excluding hydrogens is 715 g/mol. The molecule has 0 unspecified atom stereocenters. The van der Waals surface area contributed by atoms with E-state index in [1.807, 2.05) is 36.4 Å². The summed E-state index contributed by atoms with van der Waals surface area (Å²) in [5, 5.41) is 7.32. The van der Waals surface area contributed by atoms with E-state index in [1.165, 1.54) is 48.1 Å². The van der Waals surface area contributed by atoms with Crippen LogP contribution in [0.1, 0.15) is 0 Å². The molecule has 0 spiro atoms. The maximum Gasteiger partial charge on any atom is 0.165 e. The van der Waals surface area contributed by atoms with Crippen LogP contribution < -0.4 is 0 Å². The molecule has 4 heterocycles. The van der Waals surface area contributed by atoms with Gasteiger partial charge in [-0.15, -0.1) is 11.3 Å². The summed E-state index contributed by atoms with van der Waals surface area (Å²) in [5.74, 6) is 1.96. The van der Waals surface area contributed by atoms with Crippen LogP contribution in [0.4, 0.5) is 0 Å². The molecule has 12 rings (SSSR count). The van der Waals surface area contributed by atoms with E-state index in [-0.39, 0.29) is 0 Å². The second-order valence-electron chi connectivity index (χ2n) is 14.4. The van der Waals surface area contributed by atoms with Gasteiger partial charge in [-0.05, 0) is 54.6 Å². The van der Waals surface area contributed by atoms with Crippen LogP contribution in [-0.2, 0) is 0 Å². The van der Waals surface area contributed by atoms with Gasteiger partial charge in [0.1, 0.15) is 0 Å². The minimum Gasteiger partial charge on any atom is -0.309 e. The van der Waals surface area contributed by atoms with Crippen LogP contribution in [0.5, 0.6) is 0 Å². The lowest BCUT2D eigenvalue weighted by Gasteiger charge is -2.14. The zero-order valence-electron chi connectivity index (χ0n) is 30.5. The molecule has 0 N–H and O–H groups in total. The summed E-state index contributed by atoms with van der Waals surface area (Å²) in [5.41, 5.74) is 9.85. The van der Waals surface area contributed by atoms with Crippen molar-refractivity contribution in [3.63, 3.8) is 0 Å². The molecule has 8 aromatic carbocycles. The molecule has 0 fully saturated rings. The van der Waals surface area contributed by atoms with Gasteiger partial charge in [0.25, 0.3) is 0 Å². The van der Waals surface area contributed by atoms with Crippen molar-refractivity contribution in [2.24, 2.45) is 0 Å². The highest BCUT2D eigenvalue weighted by Crippen LogP contribution is 2.46. The molecule has 0 aliphatic heterocycles. The number of hydrogen-bond acceptors (Lipinski definition) is 4. The highest BCUT2D eigenvalue weighted by atomic mass is 32.1. The van der Waals surface area contributed by atoms with Crippen molar-refractivity contribution in [2.45, 2.75) is 0 Å². The van der Waals surface area contributed by atoms with Crippen molar-refractivity contribution in [1.29, 1.82) is 0 Å². The van der Waals surface area contributed by atoms with Crippen molar-refractivity contribution in [1.82, 2.24) is 24.1 Å². The van der Waals surface area contributed by atoms with Gasteiger partial charge in [-0.25, -0.2) is 15.0 Å². The summed E-state index contributed by atoms with van der Waals surface area (Å²) < 4.78 is 7.23. The zero-order chi connectivity index (χ0) is 37.5. The monoisotopic (exact) mass is 745 g/mol. The van der Waals surface area contributed by atoms with Gasteiger partial charge in [0, 0.05) is 64.1 Å². The fourth-order valence-corrected chi connectivity index (χ4v) is 9.88. The number of aromatic nitrogens is 5. The molecule has 6 heteroatoms. The summed E-state index contributed by atoms with van der Waals surface area (Å²) in [4.78, 5) is 15.4. The van der Waals surface area contributed by atoms with E-state index in [0.29, 0.717) is 17.5 Å². The van der Waals surface area contributed by atoms with Gasteiger partial charge in [0.15, 0.2) is 17.5 Å². The molecule has 12 aromatic rings. The largest absolute Gasteiger partial charge is 0.309 e. The Kier molecular flexibility index (Phi) is 7.03. The normalized spacial score (nSPS) is 11.9. The Balaban J connectivity index is 1.17. The lowest BCUT2D eigenvalue weighted by atomic mass is 10.1. The Labute approximate surface area is 331 Å². The van der Waals surface area contributed by atoms with Gasteiger partial charge >= 0.3 is 0 Å². The molecule has 0 aliphatic rings. The molecule has 0 radical (unpaired) electrons. The van der Waals surface area contributed by atoms with E-state index < -0.39 is 0 Å². The van der Waals surface area contributed by atoms with Crippen LogP contribution in [0, 0.1) is 0 Å². The predicted octanol–water partition coefficient (Wildman–Crippen LogP) is 13.4. The minimum absolute atomic E-state index is 0.651. The Morgan fingerprint density at radius 2 is 0.877 bits per heavy atom. The zero-order valence-corrected chi connectivity index (χ0v) is 31.4. The van der Waals surface area contributed by atoms with Crippen LogP contribution in [0.3, 0.4) is 0 Å². The summed E-state index contributed by atoms with van der Waals surface area (Å²) in [6.45, 7) is 0. The number of nitrogens with zero attached hydrogens (tertiary/aromatic N) is 5. The fraction of sp³-hybridized carbons (Fsp3) is 0. The lowest BCUT2D eigenvalue weighted by molar-refractivity contribution is 1.08. The van der Waals surface area contributed by atoms with E-state index in [2.05, 4.69) is 161 Å². The minimum atomic E-state index is 0.651. The summed E-state index contributed by atoms with van der Waals surface area (Å²) in [6, 6.07) is 66.7. The molecule has 0 amide bonds. The van der Waals surface area contributed by atoms with E-state index in [4.69, 9.17) is 15.0 Å². The van der Waals surface area contributed by atoms with Gasteiger partial charge in [-0.1, -0.05) is 133 Å². The van der Waals surface area contributed by atoms with Crippen LogP contribution in [0.25, 0.3) is 109 Å². The number of para-hydroxylation sites is 3. The maximum absolute atomic E-state index is 5.18. The molecule has 0 saturated carbocycles. The molecule has 266 valence electrons.